The van der Waals surface area contributed by atoms with E-state index in [-0.39, 0.29) is 137 Å². The predicted octanol–water partition coefficient (Wildman–Crippen LogP) is 19.7. The first kappa shape index (κ1) is 137. The summed E-state index contributed by atoms with van der Waals surface area (Å²) in [4.78, 5) is 89.0. The number of halogens is 15. The van der Waals surface area contributed by atoms with Gasteiger partial charge in [0.25, 0.3) is 0 Å². The van der Waals surface area contributed by atoms with Crippen molar-refractivity contribution in [2.24, 2.45) is 41.1 Å². The predicted molar refractivity (Wildman–Crippen MR) is 653 cm³/mol. The molecule has 6 unspecified atom stereocenters. The summed E-state index contributed by atoms with van der Waals surface area (Å²) in [6.45, 7) is 55.2. The van der Waals surface area contributed by atoms with Gasteiger partial charge in [0, 0.05) is 137 Å². The normalized spacial score (nSPS) is 22.4. The number of benzene rings is 2. The number of hydrogen-bond donors (Lipinski definition) is 9. The molecule has 13 atom stereocenters. The van der Waals surface area contributed by atoms with Gasteiger partial charge in [0.1, 0.15) is 34.8 Å². The fourth-order valence-corrected chi connectivity index (χ4v) is 16.2. The van der Waals surface area contributed by atoms with Crippen molar-refractivity contribution in [3.63, 3.8) is 0 Å². The van der Waals surface area contributed by atoms with Gasteiger partial charge in [-0.2, -0.15) is 0 Å². The van der Waals surface area contributed by atoms with Crippen LogP contribution >= 0.6 is 226 Å². The number of phenolic OH excluding ortho intramolecular Hbond substituents is 2. The van der Waals surface area contributed by atoms with Crippen molar-refractivity contribution in [3.05, 3.63) is 58.7 Å². The van der Waals surface area contributed by atoms with E-state index in [4.69, 9.17) is 20.9 Å². The second kappa shape index (κ2) is 75.8. The Bertz CT molecular complexity index is 3410. The Balaban J connectivity index is 0. The number of alkyl carbamates (subject to hydrolysis) is 1. The summed E-state index contributed by atoms with van der Waals surface area (Å²) >= 11 is 25.3. The summed E-state index contributed by atoms with van der Waals surface area (Å²) in [6, 6.07) is 12.6. The van der Waals surface area contributed by atoms with E-state index >= 15 is 0 Å². The number of carbonyl (C=O) groups is 6. The summed E-state index contributed by atoms with van der Waals surface area (Å²) in [6.07, 6.45) is 22.5. The average Bonchev–Trinajstić information content (AvgIpc) is 0.777. The van der Waals surface area contributed by atoms with Crippen LogP contribution < -0.4 is 64.6 Å². The number of aromatic hydroxyl groups is 2. The second-order valence-corrected chi connectivity index (χ2v) is 169. The molecule has 130 heavy (non-hydrogen) atoms. The molecule has 6 saturated heterocycles. The van der Waals surface area contributed by atoms with Gasteiger partial charge in [-0.25, -0.2) is 9.59 Å². The van der Waals surface area contributed by atoms with Crippen LogP contribution in [0.5, 0.6) is 11.5 Å². The zero-order valence-electron chi connectivity index (χ0n) is 81.0. The number of piperidine rings is 6. The van der Waals surface area contributed by atoms with Crippen molar-refractivity contribution >= 4 is 262 Å². The zero-order valence-corrected chi connectivity index (χ0v) is 114. The van der Waals surface area contributed by atoms with Gasteiger partial charge in [-0.15, -0.1) is 24.0 Å². The molecule has 0 aromatic heterocycles. The number of likely N-dealkylation sites (tertiary alicyclic amines) is 5. The molecule has 768 valence electrons. The van der Waals surface area contributed by atoms with Crippen molar-refractivity contribution < 1.29 is 75.0 Å². The number of ether oxygens (including phenoxy) is 2. The Hall–Kier alpha value is 5.13. The van der Waals surface area contributed by atoms with Crippen LogP contribution in [0.25, 0.3) is 0 Å². The fourth-order valence-electron chi connectivity index (χ4n) is 16.2. The second-order valence-electron chi connectivity index (χ2n) is 38.7. The molecular formula is C92H168I15N13O10-2. The summed E-state index contributed by atoms with van der Waals surface area (Å²) < 4.78 is 10.9. The van der Waals surface area contributed by atoms with Crippen LogP contribution in [-0.4, -0.2) is 224 Å². The third-order valence-electron chi connectivity index (χ3n) is 24.3. The number of phenols is 2. The fraction of sp³-hybridized carbons (Fsp3) is 0.804. The summed E-state index contributed by atoms with van der Waals surface area (Å²) in [5.41, 5.74) is 14.7. The SMILES string of the molecule is C.CC(C)[C@@H](CN1CCCCC1C)NC(=O)[C@H]1Cc2ccc(O)cc2CN1.CC(C)[C@@H](CN1CCCCC1C)NC(=O)[C@H]1Cc2ccc(O)cc2CN1C(=O)OC(C)(C)C.CC(C)[C@H](N)C(=O)N1CCCCC1C.CC(C)[C@H](N)CN1CCCCC1C.CC(C)[C@H](NC(=O)OC(C)(C)C)C(=O)N1CCCCC1C.CC1CCCCN1.I.II.II(I)I.I[I-]I.I[I-]I(I)I. The number of hydrogen-bond acceptors (Lipinski definition) is 17. The van der Waals surface area contributed by atoms with E-state index in [1.165, 1.54) is 101 Å². The molecule has 0 spiro atoms. The summed E-state index contributed by atoms with van der Waals surface area (Å²) in [5.74, 6) is 2.04. The molecule has 6 fully saturated rings. The minimum atomic E-state index is -0.665. The number of amides is 6. The molecule has 8 heterocycles. The molecule has 0 radical (unpaired) electrons. The first-order valence-corrected chi connectivity index (χ1v) is 109. The number of fused-ring (bicyclic) bond motifs is 2. The summed E-state index contributed by atoms with van der Waals surface area (Å²) in [5, 5.41) is 35.5. The molecule has 10 rings (SSSR count). The number of nitrogens with two attached hydrogens (primary N) is 2. The molecule has 8 aliphatic rings. The van der Waals surface area contributed by atoms with Gasteiger partial charge in [-0.05, 0) is 282 Å². The van der Waals surface area contributed by atoms with Gasteiger partial charge < -0.3 is 67.5 Å². The molecule has 2 aromatic rings. The molecule has 23 nitrogen and oxygen atoms in total. The first-order chi connectivity index (χ1) is 59.9. The maximum atomic E-state index is 13.6. The van der Waals surface area contributed by atoms with E-state index in [1.807, 2.05) is 91.2 Å². The molecular weight excluding hydrogens is 3350 g/mol. The Morgan fingerprint density at radius 3 is 1.25 bits per heavy atom. The molecule has 2 aromatic carbocycles. The number of carbonyl (C=O) groups excluding carboxylic acids is 6. The van der Waals surface area contributed by atoms with Crippen molar-refractivity contribution in [3.8, 4) is 11.5 Å². The van der Waals surface area contributed by atoms with E-state index in [0.717, 1.165) is 112 Å². The Morgan fingerprint density at radius 2 is 0.892 bits per heavy atom. The Labute approximate surface area is 937 Å². The Kier molecular flexibility index (Phi) is 79.9. The van der Waals surface area contributed by atoms with Crippen molar-refractivity contribution in [1.29, 1.82) is 0 Å². The van der Waals surface area contributed by atoms with E-state index in [2.05, 4.69) is 311 Å². The van der Waals surface area contributed by atoms with Crippen molar-refractivity contribution in [2.45, 2.75) is 391 Å². The number of rotatable bonds is 19. The van der Waals surface area contributed by atoms with Crippen LogP contribution in [0.2, 0.25) is 0 Å². The molecule has 0 aliphatic carbocycles. The van der Waals surface area contributed by atoms with Gasteiger partial charge in [-0.3, -0.25) is 38.8 Å². The van der Waals surface area contributed by atoms with Crippen molar-refractivity contribution in [2.75, 3.05) is 58.9 Å². The Morgan fingerprint density at radius 1 is 0.500 bits per heavy atom. The van der Waals surface area contributed by atoms with E-state index < -0.39 is 35.5 Å². The molecule has 8 aliphatic heterocycles. The van der Waals surface area contributed by atoms with Gasteiger partial charge in [0.2, 0.25) is 23.6 Å². The monoisotopic (exact) mass is 3520 g/mol. The van der Waals surface area contributed by atoms with Gasteiger partial charge in [-0.1, -0.05) is 114 Å². The van der Waals surface area contributed by atoms with Gasteiger partial charge >= 0.3 is 203 Å². The maximum absolute atomic E-state index is 13.6. The molecule has 11 N–H and O–H groups in total. The van der Waals surface area contributed by atoms with Crippen LogP contribution in [0.1, 0.15) is 298 Å². The third kappa shape index (κ3) is 58.6. The quantitative estimate of drug-likeness (QED) is 0.0591. The third-order valence-corrected chi connectivity index (χ3v) is 107. The topological polar surface area (TPSA) is 293 Å². The zero-order chi connectivity index (χ0) is 97.5. The average molecular weight is 3520 g/mol. The summed E-state index contributed by atoms with van der Waals surface area (Å²) in [7, 11) is -0.599. The van der Waals surface area contributed by atoms with Gasteiger partial charge in [0.15, 0.2) is 0 Å². The van der Waals surface area contributed by atoms with Gasteiger partial charge in [0.05, 0.1) is 18.6 Å². The van der Waals surface area contributed by atoms with E-state index in [1.54, 1.807) is 24.3 Å². The number of nitrogens with zero attached hydrogens (tertiary/aromatic N) is 6. The molecule has 38 heteroatoms. The molecule has 6 amide bonds. The van der Waals surface area contributed by atoms with E-state index in [9.17, 15) is 39.0 Å². The molecule has 0 bridgehead atoms. The standard InChI is InChI=1S/C26H41N3O4.C21H33N3O2.C16H30N2O3.C11H22N2O.C11H24N2.C6H13N.CH4.I5.I4.I3.I2.HI/c1-17(2)22(16-28-12-8-7-9-18(28)3)27-24(31)23-14-19-10-11-21(30)13-20(19)15-29(23)25(32)33-26(4,5)6;1-14(2)20(13-24-9-5-4-6-15(24)3)23-21(26)19-11-16-7-8-18(25)10-17(16)12-22-19;1-11(2)13(17-15(20)21-16(4,5)6)14(19)18-10-8-7-9-12(18)3;1-8(2)10(12)11(14)13-7-5-4-6-9(13)3;1-9(2)11(12)8-13-7-5-4-6-10(13)3;1-6-4-2-3-5-7-6;;1-4-5(2)3;1-4(2)3;1-3-2;1-2;/h10-11,13,17-18,22-23,30H,7-9,12,14-16H2,1-6H3,(H,27,31);7-8,10,14-15,19-20,22,25H,4-6,9,11-13H2,1-3H3,(H,23,26);11-13H,7-10H2,1-6H3,(H,17,20);8-10H,4-7,12H2,1-3H3;9-11H,4-8,12H2,1-3H3;6-7H,2-5H2,1H3;1H4;;;;;1H/q;;;;;;;-1;;-1;;/t18?,22-,23-;15?,19-,20-;12?,13-;9?,10-;10?,11-;;;;;;;/m11001......./s1. The minimum absolute atomic E-state index is 0. The number of nitrogens with one attached hydrogen (secondary N) is 5. The van der Waals surface area contributed by atoms with E-state index in [0.29, 0.717) is 81.9 Å². The van der Waals surface area contributed by atoms with Crippen LogP contribution in [0.15, 0.2) is 36.4 Å². The van der Waals surface area contributed by atoms with Crippen LogP contribution in [0, 0.1) is 29.6 Å². The van der Waals surface area contributed by atoms with Crippen LogP contribution in [0.4, 0.5) is 9.59 Å². The van der Waals surface area contributed by atoms with Crippen molar-refractivity contribution in [1.82, 2.24) is 56.0 Å². The van der Waals surface area contributed by atoms with Crippen LogP contribution in [0.3, 0.4) is 0 Å². The first-order valence-electron chi connectivity index (χ1n) is 46.0. The van der Waals surface area contributed by atoms with Crippen LogP contribution in [-0.2, 0) is 54.6 Å². The molecule has 0 saturated carbocycles.